The van der Waals surface area contributed by atoms with E-state index in [1.165, 1.54) is 24.3 Å². The molecule has 78 heavy (non-hydrogen) atoms. The number of likely N-dealkylation sites (N-methyl/N-ethyl adjacent to an activating group) is 1. The topological polar surface area (TPSA) is 216 Å². The molecular weight excluding hydrogens is 1050 g/mol. The summed E-state index contributed by atoms with van der Waals surface area (Å²) in [6.45, 7) is -1.63. The fraction of sp³-hybridized carbons (Fsp3) is 0.490. The van der Waals surface area contributed by atoms with Crippen molar-refractivity contribution in [3.8, 4) is 11.8 Å². The van der Waals surface area contributed by atoms with Crippen LogP contribution in [0.2, 0.25) is 0 Å². The molecule has 3 heterocycles. The molecule has 3 aromatic rings. The first-order valence-electron chi connectivity index (χ1n) is 24.0. The van der Waals surface area contributed by atoms with Crippen LogP contribution >= 0.6 is 0 Å². The lowest BCUT2D eigenvalue weighted by molar-refractivity contribution is -0.221. The van der Waals surface area contributed by atoms with Crippen LogP contribution in [-0.2, 0) is 32.0 Å². The molecule has 1 aromatic heterocycles. The van der Waals surface area contributed by atoms with Crippen LogP contribution in [0.3, 0.4) is 0 Å². The van der Waals surface area contributed by atoms with Crippen molar-refractivity contribution in [3.05, 3.63) is 100 Å². The molecule has 426 valence electrons. The number of carbonyl (C=O) groups is 4. The molecule has 6 atom stereocenters. The molecule has 2 unspecified atom stereocenters. The number of fused-ring (bicyclic) bond motifs is 2. The van der Waals surface area contributed by atoms with E-state index in [1.54, 1.807) is 11.5 Å². The molecule has 2 aromatic carbocycles. The van der Waals surface area contributed by atoms with Crippen LogP contribution in [0.1, 0.15) is 68.4 Å². The molecule has 2 aliphatic rings. The number of benzene rings is 2. The highest BCUT2D eigenvalue weighted by Gasteiger charge is 2.57. The van der Waals surface area contributed by atoms with Crippen LogP contribution in [0.25, 0.3) is 5.57 Å². The number of allylic oxidation sites excluding steroid dienone is 1. The number of aliphatic hydroxyl groups is 1. The van der Waals surface area contributed by atoms with Gasteiger partial charge in [-0.3, -0.25) is 19.9 Å². The Balaban J connectivity index is 1.52. The highest BCUT2D eigenvalue weighted by molar-refractivity contribution is 6.09. The quantitative estimate of drug-likeness (QED) is 0.0261. The number of alkyl carbamates (subject to hydrolysis) is 2. The lowest BCUT2D eigenvalue weighted by Crippen LogP contribution is -2.63. The molecule has 0 radical (unpaired) electrons. The van der Waals surface area contributed by atoms with Crippen LogP contribution < -0.4 is 32.0 Å². The Morgan fingerprint density at radius 2 is 1.35 bits per heavy atom. The molecule has 2 fully saturated rings. The van der Waals surface area contributed by atoms with Gasteiger partial charge in [0.2, 0.25) is 5.91 Å². The minimum Gasteiger partial charge on any atom is -0.453 e. The molecule has 7 N–H and O–H groups in total. The van der Waals surface area contributed by atoms with Gasteiger partial charge in [-0.2, -0.15) is 35.1 Å². The first kappa shape index (κ1) is 61.7. The van der Waals surface area contributed by atoms with Gasteiger partial charge in [0.25, 0.3) is 5.91 Å². The second kappa shape index (κ2) is 25.5. The maximum absolute atomic E-state index is 16.0. The number of piperazine rings is 1. The first-order chi connectivity index (χ1) is 36.4. The Morgan fingerprint density at radius 3 is 1.82 bits per heavy atom. The number of nitrogens with two attached hydrogens (primary N) is 1. The van der Waals surface area contributed by atoms with E-state index in [9.17, 15) is 59.4 Å². The molecular formula is C51H60F10N10O7. The molecule has 27 heteroatoms. The number of amides is 4. The average molecular weight is 1120 g/mol. The average Bonchev–Trinajstić information content (AvgIpc) is 3.59. The van der Waals surface area contributed by atoms with Crippen molar-refractivity contribution in [1.82, 2.24) is 36.3 Å². The summed E-state index contributed by atoms with van der Waals surface area (Å²) >= 11 is 0. The number of ether oxygens (including phenoxy) is 2. The van der Waals surface area contributed by atoms with Gasteiger partial charge in [-0.1, -0.05) is 24.0 Å². The van der Waals surface area contributed by atoms with Crippen LogP contribution in [0.4, 0.5) is 59.3 Å². The van der Waals surface area contributed by atoms with Gasteiger partial charge in [0, 0.05) is 79.1 Å². The Labute approximate surface area is 442 Å². The molecule has 17 nitrogen and oxygen atoms in total. The zero-order valence-corrected chi connectivity index (χ0v) is 43.3. The van der Waals surface area contributed by atoms with Crippen LogP contribution in [0.15, 0.2) is 65.9 Å². The zero-order chi connectivity index (χ0) is 58.1. The second-order valence-corrected chi connectivity index (χ2v) is 19.7. The SMILES string of the molecule is COC(=O)N[C@H](C(=O)N[C@@H](Cc1ccc(C#Cc2ccc(N3CC4CCC(C3)N4C)nc2)cc1)[C@@H](O)CN(Cc1c(F)cc(C(=C/N)/C=N/C(F)F)cc1F)NC(=O)[C@@H](NC(=O)OC)C(C)(C)C(F)(F)F)C(C)(C)C(F)(F)F. The van der Waals surface area contributed by atoms with Crippen LogP contribution in [0.5, 0.6) is 0 Å². The number of carbonyl (C=O) groups excluding carboxylic acids is 4. The fourth-order valence-corrected chi connectivity index (χ4v) is 8.63. The summed E-state index contributed by atoms with van der Waals surface area (Å²) in [5, 5.41) is 18.4. The highest BCUT2D eigenvalue weighted by Crippen LogP contribution is 2.42. The van der Waals surface area contributed by atoms with Gasteiger partial charge >= 0.3 is 31.1 Å². The fourth-order valence-electron chi connectivity index (χ4n) is 8.63. The number of hydrazine groups is 1. The van der Waals surface area contributed by atoms with E-state index in [0.29, 0.717) is 80.5 Å². The number of rotatable bonds is 19. The number of pyridine rings is 1. The van der Waals surface area contributed by atoms with Gasteiger partial charge in [-0.15, -0.1) is 0 Å². The summed E-state index contributed by atoms with van der Waals surface area (Å²) in [5.41, 5.74) is 0.830. The number of aliphatic hydroxyl groups excluding tert-OH is 1. The molecule has 0 spiro atoms. The predicted octanol–water partition coefficient (Wildman–Crippen LogP) is 6.18. The Kier molecular flexibility index (Phi) is 20.2. The van der Waals surface area contributed by atoms with E-state index in [-0.39, 0.29) is 5.56 Å². The van der Waals surface area contributed by atoms with Crippen molar-refractivity contribution in [3.63, 3.8) is 0 Å². The minimum absolute atomic E-state index is 0.265. The Bertz CT molecular complexity index is 2700. The van der Waals surface area contributed by atoms with Gasteiger partial charge in [-0.25, -0.2) is 33.4 Å². The van der Waals surface area contributed by atoms with Crippen molar-refractivity contribution < 1.29 is 77.7 Å². The highest BCUT2D eigenvalue weighted by atomic mass is 19.4. The number of halogens is 10. The predicted molar refractivity (Wildman–Crippen MR) is 265 cm³/mol. The summed E-state index contributed by atoms with van der Waals surface area (Å²) in [7, 11) is 3.72. The van der Waals surface area contributed by atoms with Gasteiger partial charge in [-0.05, 0) is 102 Å². The summed E-state index contributed by atoms with van der Waals surface area (Å²) in [6.07, 6.45) is -11.0. The van der Waals surface area contributed by atoms with E-state index in [1.807, 2.05) is 22.9 Å². The molecule has 4 amide bonds. The third-order valence-electron chi connectivity index (χ3n) is 13.8. The summed E-state index contributed by atoms with van der Waals surface area (Å²) < 4.78 is 154. The van der Waals surface area contributed by atoms with E-state index >= 15 is 8.78 Å². The number of nitrogens with one attached hydrogen (secondary N) is 4. The third-order valence-corrected chi connectivity index (χ3v) is 13.8. The van der Waals surface area contributed by atoms with Crippen molar-refractivity contribution in [2.75, 3.05) is 45.8 Å². The number of hydrogen-bond donors (Lipinski definition) is 6. The molecule has 0 aliphatic carbocycles. The lowest BCUT2D eigenvalue weighted by Gasteiger charge is -2.39. The summed E-state index contributed by atoms with van der Waals surface area (Å²) in [4.78, 5) is 64.8. The van der Waals surface area contributed by atoms with Crippen molar-refractivity contribution in [2.45, 2.75) is 109 Å². The smallest absolute Gasteiger partial charge is 0.407 e. The molecule has 5 rings (SSSR count). The maximum atomic E-state index is 16.0. The van der Waals surface area contributed by atoms with Gasteiger partial charge in [0.1, 0.15) is 29.5 Å². The number of aromatic nitrogens is 1. The van der Waals surface area contributed by atoms with E-state index in [0.717, 1.165) is 46.0 Å². The first-order valence-corrected chi connectivity index (χ1v) is 24.0. The third kappa shape index (κ3) is 15.3. The number of aliphatic imine (C=N–C) groups is 1. The van der Waals surface area contributed by atoms with Crippen LogP contribution in [-0.4, -0.2) is 146 Å². The van der Waals surface area contributed by atoms with Crippen molar-refractivity contribution >= 4 is 41.6 Å². The number of nitrogens with zero attached hydrogens (tertiary/aromatic N) is 5. The lowest BCUT2D eigenvalue weighted by atomic mass is 9.82. The van der Waals surface area contributed by atoms with Crippen LogP contribution in [0, 0.1) is 34.3 Å². The minimum atomic E-state index is -5.24. The Morgan fingerprint density at radius 1 is 0.833 bits per heavy atom. The second-order valence-electron chi connectivity index (χ2n) is 19.7. The number of anilines is 1. The maximum Gasteiger partial charge on any atom is 0.407 e. The Hall–Kier alpha value is -7.18. The number of hydrogen-bond acceptors (Lipinski definition) is 13. The van der Waals surface area contributed by atoms with Gasteiger partial charge < -0.3 is 41.2 Å². The molecule has 0 saturated carbocycles. The van der Waals surface area contributed by atoms with E-state index in [2.05, 4.69) is 53.5 Å². The number of alkyl halides is 8. The standard InChI is InChI=1S/C51H60F10N10O7/c1-48(2,50(56,57)58)41(66-46(75)77-6)43(73)65-38(18-29-11-8-28(9-12-29)10-13-30-14-17-40(63-22-30)70-24-33-15-16-34(25-70)69(33)5)39(72)27-71(68-44(74)42(67-47(76)78-7)49(3,4)51(59,60)61)26-35-36(52)19-31(20-37(35)53)32(21-62)23-64-45(54)55/h8-9,11-12,14,17,19-23,33-34,38-39,41-42,45,72H,15-16,18,24-27,62H2,1-7H3,(H,65,73)(H,66,75)(H,67,76)(H,68,74)/b32-21+,64-23+/t33?,34?,38-,39-,41+,42+/m0/s1. The van der Waals surface area contributed by atoms with E-state index in [4.69, 9.17) is 5.73 Å². The molecule has 2 aliphatic heterocycles. The van der Waals surface area contributed by atoms with Gasteiger partial charge in [0.05, 0.1) is 37.2 Å². The van der Waals surface area contributed by atoms with Crippen molar-refractivity contribution in [1.29, 1.82) is 0 Å². The molecule has 2 bridgehead atoms. The van der Waals surface area contributed by atoms with E-state index < -0.39 is 126 Å². The normalized spacial score (nSPS) is 17.9. The summed E-state index contributed by atoms with van der Waals surface area (Å²) in [6, 6.07) is 5.01. The molecule has 2 saturated heterocycles. The monoisotopic (exact) mass is 1110 g/mol. The zero-order valence-electron chi connectivity index (χ0n) is 43.3. The largest absolute Gasteiger partial charge is 0.453 e. The number of methoxy groups -OCH3 is 2. The summed E-state index contributed by atoms with van der Waals surface area (Å²) in [5.74, 6) is 0.638. The van der Waals surface area contributed by atoms with Gasteiger partial charge in [0.15, 0.2) is 0 Å². The van der Waals surface area contributed by atoms with Crippen molar-refractivity contribution in [2.24, 2.45) is 21.6 Å².